The smallest absolute Gasteiger partial charge is 0.420 e. The summed E-state index contributed by atoms with van der Waals surface area (Å²) in [4.78, 5) is 15.5. The van der Waals surface area contributed by atoms with Gasteiger partial charge in [-0.1, -0.05) is 84.6 Å². The summed E-state index contributed by atoms with van der Waals surface area (Å²) >= 11 is 6.51. The van der Waals surface area contributed by atoms with Gasteiger partial charge in [0, 0.05) is 39.4 Å². The van der Waals surface area contributed by atoms with Gasteiger partial charge < -0.3 is 10.1 Å². The Morgan fingerprint density at radius 2 is 1.50 bits per heavy atom. The highest BCUT2D eigenvalue weighted by Crippen LogP contribution is 2.51. The second kappa shape index (κ2) is 11.4. The number of thioether (sulfide) groups is 1. The van der Waals surface area contributed by atoms with Crippen molar-refractivity contribution >= 4 is 39.9 Å². The van der Waals surface area contributed by atoms with Crippen LogP contribution in [0.2, 0.25) is 0 Å². The van der Waals surface area contributed by atoms with E-state index >= 15 is 0 Å². The molecule has 0 spiro atoms. The monoisotopic (exact) mass is 547 g/mol. The van der Waals surface area contributed by atoms with Crippen molar-refractivity contribution in [1.29, 1.82) is 0 Å². The average Bonchev–Trinajstić information content (AvgIpc) is 3.17. The Kier molecular flexibility index (Phi) is 7.82. The van der Waals surface area contributed by atoms with Crippen molar-refractivity contribution in [1.82, 2.24) is 0 Å². The van der Waals surface area contributed by atoms with Crippen LogP contribution in [0.3, 0.4) is 0 Å². The number of amides is 1. The molecule has 4 aromatic rings. The molecule has 0 aliphatic heterocycles. The van der Waals surface area contributed by atoms with Crippen molar-refractivity contribution in [3.05, 3.63) is 131 Å². The first kappa shape index (κ1) is 26.0. The van der Waals surface area contributed by atoms with Gasteiger partial charge in [-0.25, -0.2) is 0 Å². The fourth-order valence-corrected chi connectivity index (χ4v) is 5.92. The molecule has 0 bridgehead atoms. The fraction of sp³-hybridized carbons (Fsp3) is 0.129. The van der Waals surface area contributed by atoms with Crippen molar-refractivity contribution < 1.29 is 18.3 Å². The van der Waals surface area contributed by atoms with Gasteiger partial charge in [-0.05, 0) is 65.1 Å². The van der Waals surface area contributed by atoms with E-state index in [1.54, 1.807) is 11.8 Å². The Balaban J connectivity index is 1.44. The lowest BCUT2D eigenvalue weighted by Crippen LogP contribution is -2.16. The molecule has 0 heterocycles. The lowest BCUT2D eigenvalue weighted by molar-refractivity contribution is -0.115. The van der Waals surface area contributed by atoms with Crippen LogP contribution in [0.5, 0.6) is 5.75 Å². The van der Waals surface area contributed by atoms with Gasteiger partial charge in [-0.2, -0.15) is 0 Å². The van der Waals surface area contributed by atoms with Gasteiger partial charge in [0.1, 0.15) is 5.75 Å². The number of ether oxygens (including phenoxy) is 1. The Hall–Kier alpha value is -3.61. The summed E-state index contributed by atoms with van der Waals surface area (Å²) in [6.07, 6.45) is 0.970. The first-order valence-electron chi connectivity index (χ1n) is 12.1. The predicted molar refractivity (Wildman–Crippen MR) is 150 cm³/mol. The number of carbonyl (C=O) groups is 1. The molecular weight excluding hydrogens is 524 g/mol. The zero-order valence-corrected chi connectivity index (χ0v) is 21.8. The molecule has 1 aliphatic rings. The summed E-state index contributed by atoms with van der Waals surface area (Å²) in [5.74, 6) is -0.234. The van der Waals surface area contributed by atoms with Crippen molar-refractivity contribution in [2.24, 2.45) is 0 Å². The average molecular weight is 548 g/mol. The second-order valence-corrected chi connectivity index (χ2v) is 10.4. The number of halogens is 3. The number of anilines is 1. The molecule has 0 unspecified atom stereocenters. The summed E-state index contributed by atoms with van der Waals surface area (Å²) in [5, 5.41) is 2.90. The van der Waals surface area contributed by atoms with Gasteiger partial charge in [0.05, 0.1) is 0 Å². The van der Waals surface area contributed by atoms with Gasteiger partial charge in [-0.15, -0.1) is 8.78 Å². The SMILES string of the molecule is O=C(CC1=C(Sc2ccccc2)c2ccccc2[C@@H]1Cc1ccccc1)Nc1ccc(OC(F)(F)Cl)cc1. The van der Waals surface area contributed by atoms with Gasteiger partial charge in [0.25, 0.3) is 0 Å². The Morgan fingerprint density at radius 1 is 0.868 bits per heavy atom. The molecule has 1 N–H and O–H groups in total. The quantitative estimate of drug-likeness (QED) is 0.213. The van der Waals surface area contributed by atoms with Crippen LogP contribution in [0.1, 0.15) is 29.0 Å². The van der Waals surface area contributed by atoms with E-state index in [-0.39, 0.29) is 24.0 Å². The summed E-state index contributed by atoms with van der Waals surface area (Å²) in [6, 6.07) is 34.4. The summed E-state index contributed by atoms with van der Waals surface area (Å²) < 4.78 is 30.2. The molecule has 38 heavy (non-hydrogen) atoms. The minimum Gasteiger partial charge on any atom is -0.420 e. The molecule has 0 fully saturated rings. The van der Waals surface area contributed by atoms with E-state index in [1.165, 1.54) is 35.4 Å². The Bertz CT molecular complexity index is 1440. The van der Waals surface area contributed by atoms with Crippen LogP contribution in [0.25, 0.3) is 4.91 Å². The summed E-state index contributed by atoms with van der Waals surface area (Å²) in [6.45, 7) is 0. The van der Waals surface area contributed by atoms with Crippen molar-refractivity contribution in [2.45, 2.75) is 29.2 Å². The minimum atomic E-state index is -3.80. The molecule has 1 amide bonds. The number of benzene rings is 4. The minimum absolute atomic E-state index is 0.0484. The Morgan fingerprint density at radius 3 is 2.18 bits per heavy atom. The molecular formula is C31H24ClF2NO2S. The Labute approximate surface area is 229 Å². The van der Waals surface area contributed by atoms with Crippen LogP contribution >= 0.6 is 23.4 Å². The maximum atomic E-state index is 13.3. The molecule has 1 atom stereocenters. The van der Waals surface area contributed by atoms with Gasteiger partial charge in [0.15, 0.2) is 0 Å². The van der Waals surface area contributed by atoms with E-state index < -0.39 is 5.57 Å². The van der Waals surface area contributed by atoms with E-state index in [2.05, 4.69) is 46.5 Å². The molecule has 0 saturated carbocycles. The number of nitrogens with one attached hydrogen (secondary N) is 1. The number of hydrogen-bond donors (Lipinski definition) is 1. The number of carbonyl (C=O) groups excluding carboxylic acids is 1. The summed E-state index contributed by atoms with van der Waals surface area (Å²) in [5.41, 5.74) is 1.30. The maximum absolute atomic E-state index is 13.3. The maximum Gasteiger partial charge on any atom is 0.487 e. The van der Waals surface area contributed by atoms with E-state index in [0.717, 1.165) is 27.4 Å². The molecule has 1 aliphatic carbocycles. The normalized spacial score (nSPS) is 14.8. The van der Waals surface area contributed by atoms with Crippen LogP contribution < -0.4 is 10.1 Å². The number of fused-ring (bicyclic) bond motifs is 1. The third-order valence-electron chi connectivity index (χ3n) is 6.26. The first-order valence-corrected chi connectivity index (χ1v) is 13.3. The highest BCUT2D eigenvalue weighted by atomic mass is 35.5. The number of rotatable bonds is 9. The third-order valence-corrected chi connectivity index (χ3v) is 7.53. The molecule has 0 aromatic heterocycles. The van der Waals surface area contributed by atoms with E-state index in [0.29, 0.717) is 5.69 Å². The zero-order valence-electron chi connectivity index (χ0n) is 20.2. The van der Waals surface area contributed by atoms with Gasteiger partial charge >= 0.3 is 5.57 Å². The van der Waals surface area contributed by atoms with E-state index in [1.807, 2.05) is 48.5 Å². The van der Waals surface area contributed by atoms with Crippen LogP contribution in [-0.4, -0.2) is 11.5 Å². The molecule has 7 heteroatoms. The van der Waals surface area contributed by atoms with Crippen LogP contribution in [-0.2, 0) is 11.2 Å². The third kappa shape index (κ3) is 6.44. The first-order chi connectivity index (χ1) is 18.4. The van der Waals surface area contributed by atoms with Crippen LogP contribution in [0, 0.1) is 0 Å². The second-order valence-electron chi connectivity index (χ2n) is 8.90. The molecule has 0 saturated heterocycles. The highest BCUT2D eigenvalue weighted by molar-refractivity contribution is 8.08. The van der Waals surface area contributed by atoms with Crippen molar-refractivity contribution in [3.8, 4) is 5.75 Å². The summed E-state index contributed by atoms with van der Waals surface area (Å²) in [7, 11) is 0. The highest BCUT2D eigenvalue weighted by Gasteiger charge is 2.33. The van der Waals surface area contributed by atoms with Crippen molar-refractivity contribution in [3.63, 3.8) is 0 Å². The van der Waals surface area contributed by atoms with Crippen molar-refractivity contribution in [2.75, 3.05) is 5.32 Å². The van der Waals surface area contributed by atoms with E-state index in [4.69, 9.17) is 11.6 Å². The zero-order chi connectivity index (χ0) is 26.5. The number of hydrogen-bond acceptors (Lipinski definition) is 3. The lowest BCUT2D eigenvalue weighted by atomic mass is 9.88. The van der Waals surface area contributed by atoms with Crippen LogP contribution in [0.4, 0.5) is 14.5 Å². The largest absolute Gasteiger partial charge is 0.487 e. The van der Waals surface area contributed by atoms with Crippen LogP contribution in [0.15, 0.2) is 120 Å². The topological polar surface area (TPSA) is 38.3 Å². The molecule has 4 aromatic carbocycles. The van der Waals surface area contributed by atoms with E-state index in [9.17, 15) is 13.6 Å². The lowest BCUT2D eigenvalue weighted by Gasteiger charge is -2.18. The fourth-order valence-electron chi connectivity index (χ4n) is 4.66. The molecule has 0 radical (unpaired) electrons. The van der Waals surface area contributed by atoms with Gasteiger partial charge in [0.2, 0.25) is 5.91 Å². The van der Waals surface area contributed by atoms with Gasteiger partial charge in [-0.3, -0.25) is 4.79 Å². The molecule has 3 nitrogen and oxygen atoms in total. The number of alkyl halides is 3. The molecule has 192 valence electrons. The predicted octanol–water partition coefficient (Wildman–Crippen LogP) is 8.73. The molecule has 5 rings (SSSR count). The standard InChI is InChI=1S/C31H24ClF2NO2S/c32-31(33,34)37-23-17-15-22(16-18-23)35-29(36)20-28-27(19-21-9-3-1-4-10-21)25-13-7-8-14-26(25)30(28)38-24-11-5-2-6-12-24/h1-18,27H,19-20H2,(H,35,36)/t27-/m0/s1.